The summed E-state index contributed by atoms with van der Waals surface area (Å²) in [5, 5.41) is 9.42. The molecule has 0 aromatic rings. The molecule has 1 aliphatic heterocycles. The second kappa shape index (κ2) is 23.8. The van der Waals surface area contributed by atoms with Crippen molar-refractivity contribution in [3.8, 4) is 0 Å². The predicted octanol–water partition coefficient (Wildman–Crippen LogP) is 6.49. The van der Waals surface area contributed by atoms with Crippen molar-refractivity contribution in [2.45, 2.75) is 128 Å². The van der Waals surface area contributed by atoms with Gasteiger partial charge in [0, 0.05) is 13.0 Å². The molecule has 2 atom stereocenters. The van der Waals surface area contributed by atoms with Gasteiger partial charge in [0.25, 0.3) is 0 Å². The topological polar surface area (TPSA) is 74.2 Å². The first kappa shape index (κ1) is 31.1. The third-order valence-electron chi connectivity index (χ3n) is 6.16. The number of allylic oxidation sites excluding steroid dienone is 2. The standard InChI is InChI=1S/C28H52O6/c1-2-3-4-5-6-7-8-9-10-11-12-13-14-15-16-19-27(30)34-25-26(24-29)31-22-23-33-28-20-17-18-21-32-28/h9-10,26,28-29H,2-8,11-25H2,1H3/b10-9-/t26-,28?/m1/s1. The summed E-state index contributed by atoms with van der Waals surface area (Å²) >= 11 is 0. The molecule has 34 heavy (non-hydrogen) atoms. The number of carbonyl (C=O) groups excluding carboxylic acids is 1. The Morgan fingerprint density at radius 1 is 0.941 bits per heavy atom. The van der Waals surface area contributed by atoms with Gasteiger partial charge in [-0.25, -0.2) is 0 Å². The normalized spacial score (nSPS) is 17.3. The fraction of sp³-hybridized carbons (Fsp3) is 0.893. The first-order valence-corrected chi connectivity index (χ1v) is 14.0. The minimum atomic E-state index is -0.506. The first-order chi connectivity index (χ1) is 16.8. The van der Waals surface area contributed by atoms with Crippen molar-refractivity contribution < 1.29 is 28.8 Å². The first-order valence-electron chi connectivity index (χ1n) is 14.0. The van der Waals surface area contributed by atoms with Crippen molar-refractivity contribution in [2.75, 3.05) is 33.0 Å². The molecule has 1 aliphatic rings. The van der Waals surface area contributed by atoms with E-state index in [0.29, 0.717) is 19.6 Å². The van der Waals surface area contributed by atoms with E-state index in [2.05, 4.69) is 19.1 Å². The summed E-state index contributed by atoms with van der Waals surface area (Å²) < 4.78 is 21.9. The van der Waals surface area contributed by atoms with Crippen LogP contribution < -0.4 is 0 Å². The van der Waals surface area contributed by atoms with Gasteiger partial charge < -0.3 is 24.1 Å². The smallest absolute Gasteiger partial charge is 0.305 e. The third-order valence-corrected chi connectivity index (χ3v) is 6.16. The highest BCUT2D eigenvalue weighted by Gasteiger charge is 2.15. The van der Waals surface area contributed by atoms with Gasteiger partial charge in [-0.05, 0) is 51.4 Å². The van der Waals surface area contributed by atoms with E-state index in [1.165, 1.54) is 64.2 Å². The van der Waals surface area contributed by atoms with Crippen LogP contribution in [-0.2, 0) is 23.7 Å². The number of aliphatic hydroxyl groups excluding tert-OH is 1. The number of rotatable bonds is 23. The van der Waals surface area contributed by atoms with Crippen LogP contribution in [0.4, 0.5) is 0 Å². The largest absolute Gasteiger partial charge is 0.463 e. The number of ether oxygens (including phenoxy) is 4. The molecule has 6 nitrogen and oxygen atoms in total. The maximum atomic E-state index is 11.9. The Labute approximate surface area is 208 Å². The molecule has 0 aromatic carbocycles. The highest BCUT2D eigenvalue weighted by molar-refractivity contribution is 5.69. The Balaban J connectivity index is 1.86. The van der Waals surface area contributed by atoms with Crippen molar-refractivity contribution >= 4 is 5.97 Å². The van der Waals surface area contributed by atoms with Crippen LogP contribution >= 0.6 is 0 Å². The van der Waals surface area contributed by atoms with Crippen LogP contribution in [0.25, 0.3) is 0 Å². The molecule has 1 N–H and O–H groups in total. The van der Waals surface area contributed by atoms with Gasteiger partial charge in [0.05, 0.1) is 19.8 Å². The van der Waals surface area contributed by atoms with Crippen molar-refractivity contribution in [3.05, 3.63) is 12.2 Å². The summed E-state index contributed by atoms with van der Waals surface area (Å²) in [6.45, 7) is 3.66. The van der Waals surface area contributed by atoms with Crippen LogP contribution in [0.15, 0.2) is 12.2 Å². The molecule has 0 aromatic heterocycles. The zero-order valence-corrected chi connectivity index (χ0v) is 21.9. The summed E-state index contributed by atoms with van der Waals surface area (Å²) in [7, 11) is 0. The Morgan fingerprint density at radius 3 is 2.26 bits per heavy atom. The number of esters is 1. The lowest BCUT2D eigenvalue weighted by Crippen LogP contribution is -2.29. The molecule has 0 bridgehead atoms. The molecule has 1 rings (SSSR count). The van der Waals surface area contributed by atoms with Crippen molar-refractivity contribution in [3.63, 3.8) is 0 Å². The van der Waals surface area contributed by atoms with E-state index < -0.39 is 6.10 Å². The average Bonchev–Trinajstić information content (AvgIpc) is 2.86. The molecule has 0 amide bonds. The van der Waals surface area contributed by atoms with Crippen LogP contribution in [0.3, 0.4) is 0 Å². The van der Waals surface area contributed by atoms with Gasteiger partial charge in [-0.1, -0.05) is 70.4 Å². The lowest BCUT2D eigenvalue weighted by atomic mass is 10.1. The number of carbonyl (C=O) groups is 1. The van der Waals surface area contributed by atoms with Crippen LogP contribution in [0.2, 0.25) is 0 Å². The molecule has 1 unspecified atom stereocenters. The number of hydrogen-bond donors (Lipinski definition) is 1. The zero-order chi connectivity index (χ0) is 24.5. The SMILES string of the molecule is CCCCCCCC/C=C\CCCCCCCC(=O)OC[C@@H](CO)OCCOC1CCCCO1. The van der Waals surface area contributed by atoms with E-state index in [4.69, 9.17) is 18.9 Å². The summed E-state index contributed by atoms with van der Waals surface area (Å²) in [4.78, 5) is 11.9. The Bertz CT molecular complexity index is 476. The molecule has 1 saturated heterocycles. The fourth-order valence-electron chi connectivity index (χ4n) is 3.99. The number of aliphatic hydroxyl groups is 1. The van der Waals surface area contributed by atoms with Gasteiger partial charge in [-0.15, -0.1) is 0 Å². The van der Waals surface area contributed by atoms with Crippen LogP contribution in [0.1, 0.15) is 116 Å². The third kappa shape index (κ3) is 19.4. The summed E-state index contributed by atoms with van der Waals surface area (Å²) in [5.74, 6) is -0.216. The van der Waals surface area contributed by atoms with E-state index in [-0.39, 0.29) is 25.5 Å². The maximum absolute atomic E-state index is 11.9. The molecule has 0 saturated carbocycles. The lowest BCUT2D eigenvalue weighted by molar-refractivity contribution is -0.174. The molecule has 200 valence electrons. The van der Waals surface area contributed by atoms with E-state index >= 15 is 0 Å². The lowest BCUT2D eigenvalue weighted by Gasteiger charge is -2.23. The predicted molar refractivity (Wildman–Crippen MR) is 137 cm³/mol. The maximum Gasteiger partial charge on any atom is 0.305 e. The molecule has 0 aliphatic carbocycles. The van der Waals surface area contributed by atoms with Gasteiger partial charge in [0.15, 0.2) is 6.29 Å². The van der Waals surface area contributed by atoms with E-state index in [0.717, 1.165) is 45.1 Å². The van der Waals surface area contributed by atoms with Crippen LogP contribution in [0.5, 0.6) is 0 Å². The van der Waals surface area contributed by atoms with Gasteiger partial charge in [-0.3, -0.25) is 4.79 Å². The molecule has 0 radical (unpaired) electrons. The Morgan fingerprint density at radius 2 is 1.62 bits per heavy atom. The minimum absolute atomic E-state index is 0.0837. The summed E-state index contributed by atoms with van der Waals surface area (Å²) in [6.07, 6.45) is 23.6. The Kier molecular flexibility index (Phi) is 21.7. The minimum Gasteiger partial charge on any atom is -0.463 e. The van der Waals surface area contributed by atoms with Crippen molar-refractivity contribution in [2.24, 2.45) is 0 Å². The number of hydrogen-bond acceptors (Lipinski definition) is 6. The molecular weight excluding hydrogens is 432 g/mol. The van der Waals surface area contributed by atoms with Gasteiger partial charge in [-0.2, -0.15) is 0 Å². The van der Waals surface area contributed by atoms with E-state index in [1.807, 2.05) is 0 Å². The van der Waals surface area contributed by atoms with Crippen LogP contribution in [0, 0.1) is 0 Å². The van der Waals surface area contributed by atoms with Gasteiger partial charge in [0.1, 0.15) is 12.7 Å². The molecule has 6 heteroatoms. The van der Waals surface area contributed by atoms with E-state index in [1.54, 1.807) is 0 Å². The average molecular weight is 485 g/mol. The second-order valence-electron chi connectivity index (χ2n) is 9.36. The zero-order valence-electron chi connectivity index (χ0n) is 21.9. The van der Waals surface area contributed by atoms with Crippen molar-refractivity contribution in [1.82, 2.24) is 0 Å². The quantitative estimate of drug-likeness (QED) is 0.102. The monoisotopic (exact) mass is 484 g/mol. The molecule has 0 spiro atoms. The summed E-state index contributed by atoms with van der Waals surface area (Å²) in [5.41, 5.74) is 0. The van der Waals surface area contributed by atoms with Gasteiger partial charge >= 0.3 is 5.97 Å². The van der Waals surface area contributed by atoms with Gasteiger partial charge in [0.2, 0.25) is 0 Å². The van der Waals surface area contributed by atoms with Crippen molar-refractivity contribution in [1.29, 1.82) is 0 Å². The Hall–Kier alpha value is -0.950. The molecule has 1 heterocycles. The highest BCUT2D eigenvalue weighted by Crippen LogP contribution is 2.13. The van der Waals surface area contributed by atoms with E-state index in [9.17, 15) is 9.90 Å². The van der Waals surface area contributed by atoms with Crippen LogP contribution in [-0.4, -0.2) is 56.5 Å². The summed E-state index contributed by atoms with van der Waals surface area (Å²) in [6, 6.07) is 0. The fourth-order valence-corrected chi connectivity index (χ4v) is 3.99. The molecule has 1 fully saturated rings. The second-order valence-corrected chi connectivity index (χ2v) is 9.36. The molecular formula is C28H52O6. The highest BCUT2D eigenvalue weighted by atomic mass is 16.7. The number of unbranched alkanes of at least 4 members (excludes halogenated alkanes) is 11.